The van der Waals surface area contributed by atoms with E-state index in [2.05, 4.69) is 10.6 Å². The van der Waals surface area contributed by atoms with Gasteiger partial charge in [0, 0.05) is 26.1 Å². The van der Waals surface area contributed by atoms with Gasteiger partial charge in [-0.3, -0.25) is 0 Å². The number of aliphatic hydroxyl groups is 1. The predicted octanol–water partition coefficient (Wildman–Crippen LogP) is -0.291. The number of carbonyl (C=O) groups excluding carboxylic acids is 1. The summed E-state index contributed by atoms with van der Waals surface area (Å²) in [5.41, 5.74) is -0.115. The van der Waals surface area contributed by atoms with Crippen LogP contribution in [0, 0.1) is 5.41 Å². The standard InChI is InChI=1S/C12H25N3O4/c1-12(2,8-15(3)4)7-13-11(19)14-9(5-6-16)10(17)18/h9,16H,5-8H2,1-4H3,(H,17,18)(H2,13,14,19)/t9-/m0/s1. The Hall–Kier alpha value is -1.34. The molecule has 0 fully saturated rings. The molecule has 0 rings (SSSR count). The first-order valence-electron chi connectivity index (χ1n) is 6.20. The summed E-state index contributed by atoms with van der Waals surface area (Å²) in [5.74, 6) is -1.16. The van der Waals surface area contributed by atoms with Crippen LogP contribution < -0.4 is 10.6 Å². The second-order valence-corrected chi connectivity index (χ2v) is 5.63. The third-order valence-corrected chi connectivity index (χ3v) is 2.49. The van der Waals surface area contributed by atoms with Crippen LogP contribution in [0.15, 0.2) is 0 Å². The van der Waals surface area contributed by atoms with Gasteiger partial charge < -0.3 is 25.7 Å². The third kappa shape index (κ3) is 8.39. The Balaban J connectivity index is 4.20. The molecule has 7 nitrogen and oxygen atoms in total. The largest absolute Gasteiger partial charge is 0.480 e. The highest BCUT2D eigenvalue weighted by molar-refractivity contribution is 5.82. The minimum absolute atomic E-state index is 0.0101. The van der Waals surface area contributed by atoms with Gasteiger partial charge in [0.25, 0.3) is 0 Å². The van der Waals surface area contributed by atoms with Crippen molar-refractivity contribution in [3.05, 3.63) is 0 Å². The maximum absolute atomic E-state index is 11.6. The molecule has 1 atom stereocenters. The molecule has 0 saturated heterocycles. The van der Waals surface area contributed by atoms with Gasteiger partial charge in [0.15, 0.2) is 0 Å². The lowest BCUT2D eigenvalue weighted by molar-refractivity contribution is -0.139. The quantitative estimate of drug-likeness (QED) is 0.487. The van der Waals surface area contributed by atoms with Gasteiger partial charge in [0.05, 0.1) is 0 Å². The van der Waals surface area contributed by atoms with Gasteiger partial charge in [-0.05, 0) is 19.5 Å². The van der Waals surface area contributed by atoms with Gasteiger partial charge in [-0.15, -0.1) is 0 Å². The lowest BCUT2D eigenvalue weighted by Gasteiger charge is -2.28. The highest BCUT2D eigenvalue weighted by Gasteiger charge is 2.22. The highest BCUT2D eigenvalue weighted by Crippen LogP contribution is 2.13. The fourth-order valence-electron chi connectivity index (χ4n) is 1.83. The van der Waals surface area contributed by atoms with E-state index < -0.39 is 18.0 Å². The summed E-state index contributed by atoms with van der Waals surface area (Å²) < 4.78 is 0. The Labute approximate surface area is 114 Å². The van der Waals surface area contributed by atoms with E-state index in [9.17, 15) is 9.59 Å². The van der Waals surface area contributed by atoms with E-state index in [4.69, 9.17) is 10.2 Å². The monoisotopic (exact) mass is 275 g/mol. The van der Waals surface area contributed by atoms with Crippen molar-refractivity contribution < 1.29 is 19.8 Å². The smallest absolute Gasteiger partial charge is 0.326 e. The van der Waals surface area contributed by atoms with E-state index >= 15 is 0 Å². The molecule has 0 aromatic carbocycles. The summed E-state index contributed by atoms with van der Waals surface area (Å²) in [6.07, 6.45) is -0.0101. The van der Waals surface area contributed by atoms with Gasteiger partial charge >= 0.3 is 12.0 Å². The molecule has 0 bridgehead atoms. The second kappa shape index (κ2) is 7.96. The van der Waals surface area contributed by atoms with E-state index in [1.54, 1.807) is 0 Å². The summed E-state index contributed by atoms with van der Waals surface area (Å²) in [4.78, 5) is 24.4. The molecule has 0 saturated carbocycles. The molecule has 0 aromatic heterocycles. The number of nitrogens with one attached hydrogen (secondary N) is 2. The maximum Gasteiger partial charge on any atom is 0.326 e. The number of carboxylic acids is 1. The van der Waals surface area contributed by atoms with Crippen molar-refractivity contribution in [1.82, 2.24) is 15.5 Å². The first-order chi connectivity index (χ1) is 8.68. The van der Waals surface area contributed by atoms with Crippen LogP contribution in [0.5, 0.6) is 0 Å². The number of aliphatic hydroxyl groups excluding tert-OH is 1. The molecule has 0 unspecified atom stereocenters. The zero-order chi connectivity index (χ0) is 15.1. The van der Waals surface area contributed by atoms with E-state index in [1.165, 1.54) is 0 Å². The van der Waals surface area contributed by atoms with E-state index in [0.717, 1.165) is 6.54 Å². The summed E-state index contributed by atoms with van der Waals surface area (Å²) in [7, 11) is 3.90. The minimum atomic E-state index is -1.16. The molecule has 19 heavy (non-hydrogen) atoms. The van der Waals surface area contributed by atoms with Crippen LogP contribution in [0.4, 0.5) is 4.79 Å². The van der Waals surface area contributed by atoms with Crippen molar-refractivity contribution in [2.75, 3.05) is 33.8 Å². The Bertz CT molecular complexity index is 305. The molecule has 112 valence electrons. The van der Waals surface area contributed by atoms with Gasteiger partial charge in [0.1, 0.15) is 6.04 Å². The van der Waals surface area contributed by atoms with Crippen molar-refractivity contribution >= 4 is 12.0 Å². The number of amides is 2. The molecule has 0 aliphatic rings. The van der Waals surface area contributed by atoms with E-state index in [1.807, 2.05) is 32.8 Å². The third-order valence-electron chi connectivity index (χ3n) is 2.49. The van der Waals surface area contributed by atoms with Crippen LogP contribution in [0.1, 0.15) is 20.3 Å². The molecule has 0 aliphatic carbocycles. The van der Waals surface area contributed by atoms with Gasteiger partial charge in [-0.1, -0.05) is 13.8 Å². The normalized spacial score (nSPS) is 13.2. The number of rotatable bonds is 8. The van der Waals surface area contributed by atoms with Crippen molar-refractivity contribution in [2.45, 2.75) is 26.3 Å². The Morgan fingerprint density at radius 2 is 1.89 bits per heavy atom. The molecule has 2 amide bonds. The Kier molecular flexibility index (Phi) is 7.40. The van der Waals surface area contributed by atoms with Gasteiger partial charge in [0.2, 0.25) is 0 Å². The van der Waals surface area contributed by atoms with Crippen molar-refractivity contribution in [3.8, 4) is 0 Å². The molecule has 4 N–H and O–H groups in total. The van der Waals surface area contributed by atoms with Crippen LogP contribution in [0.3, 0.4) is 0 Å². The number of hydrogen-bond donors (Lipinski definition) is 4. The van der Waals surface area contributed by atoms with Crippen LogP contribution in [-0.4, -0.2) is 66.9 Å². The molecule has 7 heteroatoms. The molecule has 0 heterocycles. The zero-order valence-electron chi connectivity index (χ0n) is 12.1. The van der Waals surface area contributed by atoms with E-state index in [-0.39, 0.29) is 18.4 Å². The van der Waals surface area contributed by atoms with Crippen molar-refractivity contribution in [3.63, 3.8) is 0 Å². The number of urea groups is 1. The maximum atomic E-state index is 11.6. The Morgan fingerprint density at radius 3 is 2.32 bits per heavy atom. The topological polar surface area (TPSA) is 102 Å². The summed E-state index contributed by atoms with van der Waals surface area (Å²) >= 11 is 0. The molecule has 0 aromatic rings. The SMILES string of the molecule is CN(C)CC(C)(C)CNC(=O)N[C@@H](CCO)C(=O)O. The lowest BCUT2D eigenvalue weighted by atomic mass is 9.93. The summed E-state index contributed by atoms with van der Waals surface area (Å²) in [6, 6.07) is -1.60. The van der Waals surface area contributed by atoms with Gasteiger partial charge in [-0.25, -0.2) is 9.59 Å². The number of carboxylic acid groups (broad SMARTS) is 1. The van der Waals surface area contributed by atoms with E-state index in [0.29, 0.717) is 6.54 Å². The first kappa shape index (κ1) is 17.7. The summed E-state index contributed by atoms with van der Waals surface area (Å²) in [6.45, 7) is 4.96. The second-order valence-electron chi connectivity index (χ2n) is 5.63. The van der Waals surface area contributed by atoms with Gasteiger partial charge in [-0.2, -0.15) is 0 Å². The lowest BCUT2D eigenvalue weighted by Crippen LogP contribution is -2.49. The fraction of sp³-hybridized carbons (Fsp3) is 0.833. The van der Waals surface area contributed by atoms with Crippen LogP contribution in [0.2, 0.25) is 0 Å². The fourth-order valence-corrected chi connectivity index (χ4v) is 1.83. The predicted molar refractivity (Wildman–Crippen MR) is 72.0 cm³/mol. The molecule has 0 aliphatic heterocycles. The highest BCUT2D eigenvalue weighted by atomic mass is 16.4. The van der Waals surface area contributed by atoms with Crippen LogP contribution >= 0.6 is 0 Å². The van der Waals surface area contributed by atoms with Crippen LogP contribution in [0.25, 0.3) is 0 Å². The number of hydrogen-bond acceptors (Lipinski definition) is 4. The first-order valence-corrected chi connectivity index (χ1v) is 6.20. The molecule has 0 spiro atoms. The summed E-state index contributed by atoms with van der Waals surface area (Å²) in [5, 5.41) is 22.5. The van der Waals surface area contributed by atoms with Crippen molar-refractivity contribution in [1.29, 1.82) is 0 Å². The molecular formula is C12H25N3O4. The molecular weight excluding hydrogens is 250 g/mol. The minimum Gasteiger partial charge on any atom is -0.480 e. The van der Waals surface area contributed by atoms with Crippen LogP contribution in [-0.2, 0) is 4.79 Å². The molecule has 0 radical (unpaired) electrons. The van der Waals surface area contributed by atoms with Crippen molar-refractivity contribution in [2.24, 2.45) is 5.41 Å². The number of nitrogens with zero attached hydrogens (tertiary/aromatic N) is 1. The average molecular weight is 275 g/mol. The zero-order valence-corrected chi connectivity index (χ0v) is 12.1. The Morgan fingerprint density at radius 1 is 1.32 bits per heavy atom. The number of aliphatic carboxylic acids is 1. The average Bonchev–Trinajstić information content (AvgIpc) is 2.24. The number of carbonyl (C=O) groups is 2.